The van der Waals surface area contributed by atoms with Crippen LogP contribution < -0.4 is 15.4 Å². The zero-order valence-corrected chi connectivity index (χ0v) is 14.8. The van der Waals surface area contributed by atoms with Crippen LogP contribution in [-0.2, 0) is 6.18 Å². The van der Waals surface area contributed by atoms with Crippen molar-refractivity contribution in [2.24, 2.45) is 0 Å². The summed E-state index contributed by atoms with van der Waals surface area (Å²) in [6, 6.07) is 11.8. The molecule has 1 heterocycles. The third-order valence-corrected chi connectivity index (χ3v) is 3.90. The van der Waals surface area contributed by atoms with E-state index in [1.807, 2.05) is 12.1 Å². The molecule has 27 heavy (non-hydrogen) atoms. The summed E-state index contributed by atoms with van der Waals surface area (Å²) in [6.45, 7) is 0. The Morgan fingerprint density at radius 3 is 2.52 bits per heavy atom. The summed E-state index contributed by atoms with van der Waals surface area (Å²) in [5.74, 6) is 1.14. The molecule has 9 heteroatoms. The Balaban J connectivity index is 1.84. The molecule has 3 aromatic rings. The number of ether oxygens (including phenoxy) is 1. The van der Waals surface area contributed by atoms with Gasteiger partial charge in [0.2, 0.25) is 5.95 Å². The summed E-state index contributed by atoms with van der Waals surface area (Å²) in [4.78, 5) is 8.26. The lowest BCUT2D eigenvalue weighted by Crippen LogP contribution is -2.06. The molecule has 2 aromatic carbocycles. The highest BCUT2D eigenvalue weighted by atomic mass is 35.5. The number of methoxy groups -OCH3 is 1. The van der Waals surface area contributed by atoms with E-state index in [9.17, 15) is 13.2 Å². The van der Waals surface area contributed by atoms with Crippen LogP contribution in [-0.4, -0.2) is 17.1 Å². The predicted molar refractivity (Wildman–Crippen MR) is 98.0 cm³/mol. The van der Waals surface area contributed by atoms with Crippen molar-refractivity contribution in [3.05, 3.63) is 65.3 Å². The number of hydrogen-bond acceptors (Lipinski definition) is 5. The van der Waals surface area contributed by atoms with Crippen molar-refractivity contribution >= 4 is 34.7 Å². The van der Waals surface area contributed by atoms with E-state index in [0.717, 1.165) is 12.1 Å². The quantitative estimate of drug-likeness (QED) is 0.586. The van der Waals surface area contributed by atoms with Crippen LogP contribution in [0, 0.1) is 0 Å². The number of halogens is 4. The maximum atomic E-state index is 12.9. The minimum absolute atomic E-state index is 0.0564. The third kappa shape index (κ3) is 4.59. The summed E-state index contributed by atoms with van der Waals surface area (Å²) in [5, 5.41) is 5.90. The molecule has 140 valence electrons. The molecular formula is C18H14ClF3N4O. The SMILES string of the molecule is COc1ccccc1Nc1ccnc(Nc2cc(C(F)(F)F)ccc2Cl)n1. The average molecular weight is 395 g/mol. The largest absolute Gasteiger partial charge is 0.495 e. The zero-order valence-electron chi connectivity index (χ0n) is 14.0. The highest BCUT2D eigenvalue weighted by molar-refractivity contribution is 6.33. The number of aromatic nitrogens is 2. The topological polar surface area (TPSA) is 59.1 Å². The number of nitrogens with zero attached hydrogens (tertiary/aromatic N) is 2. The maximum Gasteiger partial charge on any atom is 0.416 e. The molecule has 2 N–H and O–H groups in total. The molecule has 0 amide bonds. The summed E-state index contributed by atoms with van der Waals surface area (Å²) in [7, 11) is 1.54. The molecule has 1 aromatic heterocycles. The fourth-order valence-electron chi connectivity index (χ4n) is 2.29. The van der Waals surface area contributed by atoms with Crippen molar-refractivity contribution in [3.63, 3.8) is 0 Å². The van der Waals surface area contributed by atoms with Gasteiger partial charge in [-0.05, 0) is 36.4 Å². The monoisotopic (exact) mass is 394 g/mol. The minimum Gasteiger partial charge on any atom is -0.495 e. The van der Waals surface area contributed by atoms with E-state index in [-0.39, 0.29) is 16.7 Å². The van der Waals surface area contributed by atoms with Crippen LogP contribution in [0.15, 0.2) is 54.7 Å². The number of anilines is 4. The van der Waals surface area contributed by atoms with Gasteiger partial charge in [-0.1, -0.05) is 23.7 Å². The van der Waals surface area contributed by atoms with E-state index in [1.54, 1.807) is 25.3 Å². The standard InChI is InChI=1S/C18H14ClF3N4O/c1-27-15-5-3-2-4-13(15)24-16-8-9-23-17(26-16)25-14-10-11(18(20,21)22)6-7-12(14)19/h2-10H,1H3,(H2,23,24,25,26). The number of para-hydroxylation sites is 2. The van der Waals surface area contributed by atoms with Crippen molar-refractivity contribution in [1.82, 2.24) is 9.97 Å². The second-order valence-corrected chi connectivity index (χ2v) is 5.82. The van der Waals surface area contributed by atoms with Crippen molar-refractivity contribution in [2.45, 2.75) is 6.18 Å². The molecule has 0 aliphatic heterocycles. The van der Waals surface area contributed by atoms with E-state index in [0.29, 0.717) is 17.3 Å². The van der Waals surface area contributed by atoms with E-state index in [1.165, 1.54) is 12.3 Å². The van der Waals surface area contributed by atoms with E-state index < -0.39 is 11.7 Å². The maximum absolute atomic E-state index is 12.9. The number of alkyl halides is 3. The lowest BCUT2D eigenvalue weighted by atomic mass is 10.2. The van der Waals surface area contributed by atoms with E-state index >= 15 is 0 Å². The number of hydrogen-bond donors (Lipinski definition) is 2. The van der Waals surface area contributed by atoms with Crippen LogP contribution in [0.4, 0.5) is 36.3 Å². The van der Waals surface area contributed by atoms with Gasteiger partial charge in [-0.2, -0.15) is 18.2 Å². The first-order chi connectivity index (χ1) is 12.9. The molecule has 0 atom stereocenters. The lowest BCUT2D eigenvalue weighted by molar-refractivity contribution is -0.137. The van der Waals surface area contributed by atoms with Gasteiger partial charge in [-0.3, -0.25) is 0 Å². The first-order valence-electron chi connectivity index (χ1n) is 7.73. The molecule has 0 aliphatic carbocycles. The molecule has 0 unspecified atom stereocenters. The minimum atomic E-state index is -4.48. The molecule has 0 saturated carbocycles. The fraction of sp³-hybridized carbons (Fsp3) is 0.111. The van der Waals surface area contributed by atoms with Crippen LogP contribution in [0.3, 0.4) is 0 Å². The average Bonchev–Trinajstić information content (AvgIpc) is 2.63. The highest BCUT2D eigenvalue weighted by Gasteiger charge is 2.31. The van der Waals surface area contributed by atoms with Crippen LogP contribution in [0.5, 0.6) is 5.75 Å². The van der Waals surface area contributed by atoms with E-state index in [2.05, 4.69) is 20.6 Å². The Labute approximate surface area is 158 Å². The van der Waals surface area contributed by atoms with Crippen molar-refractivity contribution in [1.29, 1.82) is 0 Å². The van der Waals surface area contributed by atoms with Gasteiger partial charge in [0.15, 0.2) is 0 Å². The summed E-state index contributed by atoms with van der Waals surface area (Å²) < 4.78 is 43.9. The summed E-state index contributed by atoms with van der Waals surface area (Å²) in [6.07, 6.45) is -3.01. The van der Waals surface area contributed by atoms with Gasteiger partial charge in [0.1, 0.15) is 11.6 Å². The molecule has 0 saturated heterocycles. The Hall–Kier alpha value is -3.00. The molecule has 3 rings (SSSR count). The Morgan fingerprint density at radius 1 is 1.00 bits per heavy atom. The zero-order chi connectivity index (χ0) is 19.4. The molecular weight excluding hydrogens is 381 g/mol. The first-order valence-corrected chi connectivity index (χ1v) is 8.11. The summed E-state index contributed by atoms with van der Waals surface area (Å²) in [5.41, 5.74) is -0.0830. The molecule has 0 aliphatic rings. The molecule has 0 spiro atoms. The first kappa shape index (κ1) is 18.8. The van der Waals surface area contributed by atoms with Crippen LogP contribution in [0.2, 0.25) is 5.02 Å². The van der Waals surface area contributed by atoms with Gasteiger partial charge in [-0.25, -0.2) is 4.98 Å². The van der Waals surface area contributed by atoms with Crippen LogP contribution in [0.25, 0.3) is 0 Å². The molecule has 0 bridgehead atoms. The van der Waals surface area contributed by atoms with Gasteiger partial charge in [0.25, 0.3) is 0 Å². The number of nitrogens with one attached hydrogen (secondary N) is 2. The van der Waals surface area contributed by atoms with Gasteiger partial charge in [0.05, 0.1) is 29.1 Å². The lowest BCUT2D eigenvalue weighted by Gasteiger charge is -2.13. The highest BCUT2D eigenvalue weighted by Crippen LogP contribution is 2.34. The van der Waals surface area contributed by atoms with Gasteiger partial charge in [0, 0.05) is 6.20 Å². The Kier molecular flexibility index (Phi) is 5.36. The molecule has 5 nitrogen and oxygen atoms in total. The van der Waals surface area contributed by atoms with Gasteiger partial charge >= 0.3 is 6.18 Å². The normalized spacial score (nSPS) is 11.1. The van der Waals surface area contributed by atoms with E-state index in [4.69, 9.17) is 16.3 Å². The number of rotatable bonds is 5. The Morgan fingerprint density at radius 2 is 1.78 bits per heavy atom. The van der Waals surface area contributed by atoms with Crippen molar-refractivity contribution in [2.75, 3.05) is 17.7 Å². The van der Waals surface area contributed by atoms with Crippen molar-refractivity contribution in [3.8, 4) is 5.75 Å². The van der Waals surface area contributed by atoms with Crippen LogP contribution in [0.1, 0.15) is 5.56 Å². The van der Waals surface area contributed by atoms with Crippen molar-refractivity contribution < 1.29 is 17.9 Å². The van der Waals surface area contributed by atoms with Gasteiger partial charge in [-0.15, -0.1) is 0 Å². The predicted octanol–water partition coefficient (Wildman–Crippen LogP) is 5.64. The molecule has 0 fully saturated rings. The fourth-order valence-corrected chi connectivity index (χ4v) is 2.46. The Bertz CT molecular complexity index is 950. The smallest absolute Gasteiger partial charge is 0.416 e. The number of benzene rings is 2. The third-order valence-electron chi connectivity index (χ3n) is 3.57. The second kappa shape index (κ2) is 7.71. The van der Waals surface area contributed by atoms with Gasteiger partial charge < -0.3 is 15.4 Å². The molecule has 0 radical (unpaired) electrons. The van der Waals surface area contributed by atoms with Crippen LogP contribution >= 0.6 is 11.6 Å². The second-order valence-electron chi connectivity index (χ2n) is 5.41. The summed E-state index contributed by atoms with van der Waals surface area (Å²) >= 11 is 5.99.